The van der Waals surface area contributed by atoms with Gasteiger partial charge in [-0.1, -0.05) is 0 Å². The van der Waals surface area contributed by atoms with Gasteiger partial charge in [0.15, 0.2) is 0 Å². The molecule has 0 radical (unpaired) electrons. The van der Waals surface area contributed by atoms with Gasteiger partial charge >= 0.3 is 5.97 Å². The van der Waals surface area contributed by atoms with Gasteiger partial charge in [-0.2, -0.15) is 5.10 Å². The minimum Gasteiger partial charge on any atom is -0.459 e. The monoisotopic (exact) mass is 438 g/mol. The van der Waals surface area contributed by atoms with Crippen LogP contribution < -0.4 is 5.32 Å². The van der Waals surface area contributed by atoms with Crippen LogP contribution in [0.1, 0.15) is 27.2 Å². The van der Waals surface area contributed by atoms with Gasteiger partial charge in [-0.05, 0) is 76.2 Å². The van der Waals surface area contributed by atoms with E-state index in [2.05, 4.69) is 15.5 Å². The lowest BCUT2D eigenvalue weighted by Gasteiger charge is -2.22. The van der Waals surface area contributed by atoms with Crippen LogP contribution in [0.15, 0.2) is 42.5 Å². The van der Waals surface area contributed by atoms with Crippen LogP contribution in [0.4, 0.5) is 10.1 Å². The number of nitrogens with zero attached hydrogens (tertiary/aromatic N) is 2. The predicted octanol–water partition coefficient (Wildman–Crippen LogP) is 3.97. The maximum atomic E-state index is 13.3. The van der Waals surface area contributed by atoms with Crippen LogP contribution in [0.25, 0.3) is 22.2 Å². The van der Waals surface area contributed by atoms with Crippen molar-refractivity contribution in [3.63, 3.8) is 0 Å². The van der Waals surface area contributed by atoms with Gasteiger partial charge in [0.1, 0.15) is 11.4 Å². The highest BCUT2D eigenvalue weighted by Crippen LogP contribution is 2.29. The lowest BCUT2D eigenvalue weighted by molar-refractivity contribution is -0.156. The first-order valence-corrected chi connectivity index (χ1v) is 10.7. The van der Waals surface area contributed by atoms with E-state index in [4.69, 9.17) is 4.74 Å². The summed E-state index contributed by atoms with van der Waals surface area (Å²) in [6, 6.07) is 11.7. The Bertz CT molecular complexity index is 1130. The quantitative estimate of drug-likeness (QED) is 0.589. The molecule has 0 saturated carbocycles. The summed E-state index contributed by atoms with van der Waals surface area (Å²) in [7, 11) is 0. The summed E-state index contributed by atoms with van der Waals surface area (Å²) >= 11 is 0. The highest BCUT2D eigenvalue weighted by atomic mass is 19.1. The molecule has 2 N–H and O–H groups in total. The molecule has 1 aliphatic rings. The van der Waals surface area contributed by atoms with Gasteiger partial charge < -0.3 is 10.1 Å². The molecule has 32 heavy (non-hydrogen) atoms. The van der Waals surface area contributed by atoms with E-state index < -0.39 is 5.60 Å². The Balaban J connectivity index is 1.41. The van der Waals surface area contributed by atoms with E-state index in [0.29, 0.717) is 30.9 Å². The fourth-order valence-corrected chi connectivity index (χ4v) is 3.91. The van der Waals surface area contributed by atoms with Crippen LogP contribution in [0.5, 0.6) is 0 Å². The van der Waals surface area contributed by atoms with Gasteiger partial charge in [-0.15, -0.1) is 0 Å². The smallest absolute Gasteiger partial charge is 0.320 e. The Hall–Kier alpha value is -3.26. The topological polar surface area (TPSA) is 87.3 Å². The van der Waals surface area contributed by atoms with Crippen LogP contribution >= 0.6 is 0 Å². The summed E-state index contributed by atoms with van der Waals surface area (Å²) < 4.78 is 18.6. The van der Waals surface area contributed by atoms with E-state index >= 15 is 0 Å². The van der Waals surface area contributed by atoms with Gasteiger partial charge in [0, 0.05) is 23.2 Å². The van der Waals surface area contributed by atoms with Crippen molar-refractivity contribution in [1.82, 2.24) is 15.1 Å². The Labute approximate surface area is 185 Å². The van der Waals surface area contributed by atoms with E-state index in [9.17, 15) is 14.0 Å². The Kier molecular flexibility index (Phi) is 5.97. The highest BCUT2D eigenvalue weighted by Gasteiger charge is 2.30. The van der Waals surface area contributed by atoms with Crippen molar-refractivity contribution >= 4 is 28.5 Å². The molecule has 8 heteroatoms. The predicted molar refractivity (Wildman–Crippen MR) is 121 cm³/mol. The normalized spacial score (nSPS) is 16.9. The third-order valence-electron chi connectivity index (χ3n) is 5.36. The first-order valence-electron chi connectivity index (χ1n) is 10.7. The number of ether oxygens (including phenoxy) is 1. The summed E-state index contributed by atoms with van der Waals surface area (Å²) in [5.74, 6) is -0.868. The number of H-pyrrole nitrogens is 1. The first kappa shape index (κ1) is 22.0. The number of rotatable bonds is 5. The molecule has 3 aromatic rings. The molecule has 1 saturated heterocycles. The fourth-order valence-electron chi connectivity index (χ4n) is 3.91. The van der Waals surface area contributed by atoms with E-state index in [-0.39, 0.29) is 30.2 Å². The molecule has 1 amide bonds. The van der Waals surface area contributed by atoms with Gasteiger partial charge in [-0.25, -0.2) is 4.39 Å². The molecule has 1 atom stereocenters. The average Bonchev–Trinajstić information content (AvgIpc) is 3.34. The summed E-state index contributed by atoms with van der Waals surface area (Å²) in [4.78, 5) is 26.8. The minimum absolute atomic E-state index is 0.0807. The van der Waals surface area contributed by atoms with Crippen molar-refractivity contribution in [3.8, 4) is 11.3 Å². The maximum Gasteiger partial charge on any atom is 0.320 e. The molecule has 1 fully saturated rings. The van der Waals surface area contributed by atoms with Gasteiger partial charge in [0.25, 0.3) is 0 Å². The number of hydrogen-bond acceptors (Lipinski definition) is 5. The number of anilines is 1. The number of likely N-dealkylation sites (tertiary alicyclic amines) is 1. The van der Waals surface area contributed by atoms with Crippen LogP contribution in [0, 0.1) is 11.7 Å². The molecule has 0 spiro atoms. The van der Waals surface area contributed by atoms with Crippen LogP contribution in [-0.4, -0.2) is 52.2 Å². The minimum atomic E-state index is -0.522. The Morgan fingerprint density at radius 2 is 1.97 bits per heavy atom. The standard InChI is InChI=1S/C24H27FN4O3/c1-24(2,3)32-21(30)14-29-11-10-16(13-29)23(31)26-18-8-9-20-19(12-18)22(28-27-20)15-4-6-17(25)7-5-15/h4-9,12,16H,10-11,13-14H2,1-3H3,(H,26,31)(H,27,28). The highest BCUT2D eigenvalue weighted by molar-refractivity contribution is 5.99. The Morgan fingerprint density at radius 1 is 1.22 bits per heavy atom. The molecule has 2 heterocycles. The lowest BCUT2D eigenvalue weighted by Crippen LogP contribution is -2.34. The first-order chi connectivity index (χ1) is 15.2. The summed E-state index contributed by atoms with van der Waals surface area (Å²) in [5.41, 5.74) is 2.45. The number of benzene rings is 2. The van der Waals surface area contributed by atoms with Crippen molar-refractivity contribution < 1.29 is 18.7 Å². The summed E-state index contributed by atoms with van der Waals surface area (Å²) in [6.45, 7) is 6.88. The number of nitrogens with one attached hydrogen (secondary N) is 2. The van der Waals surface area contributed by atoms with Crippen molar-refractivity contribution in [2.75, 3.05) is 25.0 Å². The number of aromatic nitrogens is 2. The average molecular weight is 439 g/mol. The second-order valence-corrected chi connectivity index (χ2v) is 9.14. The van der Waals surface area contributed by atoms with Crippen molar-refractivity contribution in [3.05, 3.63) is 48.3 Å². The number of carbonyl (C=O) groups excluding carboxylic acids is 2. The second-order valence-electron chi connectivity index (χ2n) is 9.14. The maximum absolute atomic E-state index is 13.3. The van der Waals surface area contributed by atoms with Gasteiger partial charge in [-0.3, -0.25) is 19.6 Å². The van der Waals surface area contributed by atoms with E-state index in [1.807, 2.05) is 43.9 Å². The van der Waals surface area contributed by atoms with Gasteiger partial charge in [0.2, 0.25) is 5.91 Å². The van der Waals surface area contributed by atoms with Crippen LogP contribution in [-0.2, 0) is 14.3 Å². The lowest BCUT2D eigenvalue weighted by atomic mass is 10.1. The molecule has 1 aliphatic heterocycles. The molecule has 7 nitrogen and oxygen atoms in total. The zero-order valence-electron chi connectivity index (χ0n) is 18.4. The third-order valence-corrected chi connectivity index (χ3v) is 5.36. The third kappa shape index (κ3) is 5.13. The molecule has 0 aliphatic carbocycles. The van der Waals surface area contributed by atoms with E-state index in [1.165, 1.54) is 12.1 Å². The largest absolute Gasteiger partial charge is 0.459 e. The SMILES string of the molecule is CC(C)(C)OC(=O)CN1CCC(C(=O)Nc2ccc3[nH]nc(-c4ccc(F)cc4)c3c2)C1. The number of carbonyl (C=O) groups is 2. The second kappa shape index (κ2) is 8.70. The molecular formula is C24H27FN4O3. The molecule has 2 aromatic carbocycles. The molecule has 168 valence electrons. The number of amides is 1. The number of fused-ring (bicyclic) bond motifs is 1. The van der Waals surface area contributed by atoms with Gasteiger partial charge in [0.05, 0.1) is 23.7 Å². The molecular weight excluding hydrogens is 411 g/mol. The molecule has 1 unspecified atom stereocenters. The zero-order valence-corrected chi connectivity index (χ0v) is 18.4. The number of halogens is 1. The van der Waals surface area contributed by atoms with E-state index in [1.54, 1.807) is 12.1 Å². The summed E-state index contributed by atoms with van der Waals surface area (Å²) in [5, 5.41) is 11.1. The molecule has 4 rings (SSSR count). The van der Waals surface area contributed by atoms with Crippen molar-refractivity contribution in [1.29, 1.82) is 0 Å². The Morgan fingerprint density at radius 3 is 2.69 bits per heavy atom. The van der Waals surface area contributed by atoms with Crippen LogP contribution in [0.3, 0.4) is 0 Å². The molecule has 0 bridgehead atoms. The van der Waals surface area contributed by atoms with Crippen molar-refractivity contribution in [2.24, 2.45) is 5.92 Å². The summed E-state index contributed by atoms with van der Waals surface area (Å²) in [6.07, 6.45) is 0.684. The molecule has 1 aromatic heterocycles. The van der Waals surface area contributed by atoms with Crippen molar-refractivity contribution in [2.45, 2.75) is 32.8 Å². The number of esters is 1. The van der Waals surface area contributed by atoms with Crippen LogP contribution in [0.2, 0.25) is 0 Å². The number of aromatic amines is 1. The zero-order chi connectivity index (χ0) is 22.9. The number of hydrogen-bond donors (Lipinski definition) is 2. The van der Waals surface area contributed by atoms with E-state index in [0.717, 1.165) is 16.5 Å². The fraction of sp³-hybridized carbons (Fsp3) is 0.375.